The van der Waals surface area contributed by atoms with Gasteiger partial charge >= 0.3 is 6.03 Å². The van der Waals surface area contributed by atoms with E-state index in [9.17, 15) is 9.18 Å². The third-order valence-corrected chi connectivity index (χ3v) is 5.50. The Morgan fingerprint density at radius 3 is 2.73 bits per heavy atom. The molecule has 3 rings (SSSR count). The van der Waals surface area contributed by atoms with Gasteiger partial charge in [-0.15, -0.1) is 0 Å². The minimum absolute atomic E-state index is 0.0177. The molecule has 1 unspecified atom stereocenters. The van der Waals surface area contributed by atoms with Crippen LogP contribution in [0.5, 0.6) is 0 Å². The average Bonchev–Trinajstić information content (AvgIpc) is 2.77. The summed E-state index contributed by atoms with van der Waals surface area (Å²) >= 11 is 0. The maximum Gasteiger partial charge on any atom is 0.314 e. The van der Waals surface area contributed by atoms with Crippen molar-refractivity contribution in [3.8, 4) is 6.07 Å². The van der Waals surface area contributed by atoms with E-state index in [4.69, 9.17) is 5.26 Å². The van der Waals surface area contributed by atoms with Crippen LogP contribution in [0.3, 0.4) is 0 Å². The predicted molar refractivity (Wildman–Crippen MR) is 116 cm³/mol. The largest absolute Gasteiger partial charge is 0.382 e. The number of nitrogens with one attached hydrogen (secondary N) is 3. The lowest BCUT2D eigenvalue weighted by atomic mass is 9.98. The van der Waals surface area contributed by atoms with Crippen LogP contribution in [-0.4, -0.2) is 43.2 Å². The molecular formula is C23H28FN5O. The summed E-state index contributed by atoms with van der Waals surface area (Å²) in [6.45, 7) is 5.39. The van der Waals surface area contributed by atoms with Gasteiger partial charge in [-0.2, -0.15) is 5.26 Å². The number of nitriles is 1. The van der Waals surface area contributed by atoms with Gasteiger partial charge in [-0.25, -0.2) is 9.18 Å². The first-order valence-corrected chi connectivity index (χ1v) is 10.4. The van der Waals surface area contributed by atoms with Crippen LogP contribution in [0.2, 0.25) is 0 Å². The smallest absolute Gasteiger partial charge is 0.314 e. The first kappa shape index (κ1) is 21.6. The average molecular weight is 410 g/mol. The maximum atomic E-state index is 13.6. The van der Waals surface area contributed by atoms with E-state index in [0.717, 1.165) is 25.9 Å². The van der Waals surface area contributed by atoms with Crippen molar-refractivity contribution in [2.45, 2.75) is 32.4 Å². The highest BCUT2D eigenvalue weighted by molar-refractivity contribution is 5.73. The highest BCUT2D eigenvalue weighted by Crippen LogP contribution is 2.21. The van der Waals surface area contributed by atoms with Gasteiger partial charge in [0.05, 0.1) is 5.69 Å². The second-order valence-corrected chi connectivity index (χ2v) is 7.39. The number of amides is 2. The molecule has 1 aliphatic rings. The number of rotatable bonds is 8. The molecule has 0 aromatic heterocycles. The van der Waals surface area contributed by atoms with Crippen molar-refractivity contribution in [3.63, 3.8) is 0 Å². The van der Waals surface area contributed by atoms with Crippen molar-refractivity contribution in [2.75, 3.05) is 31.5 Å². The number of urea groups is 1. The molecule has 6 nitrogen and oxygen atoms in total. The van der Waals surface area contributed by atoms with E-state index in [-0.39, 0.29) is 17.6 Å². The Kier molecular flexibility index (Phi) is 7.63. The summed E-state index contributed by atoms with van der Waals surface area (Å²) in [5, 5.41) is 17.8. The normalized spacial score (nSPS) is 14.3. The van der Waals surface area contributed by atoms with Crippen LogP contribution < -0.4 is 16.0 Å². The van der Waals surface area contributed by atoms with E-state index in [1.165, 1.54) is 17.2 Å². The fourth-order valence-electron chi connectivity index (χ4n) is 3.79. The van der Waals surface area contributed by atoms with Crippen LogP contribution in [0.4, 0.5) is 14.9 Å². The van der Waals surface area contributed by atoms with Crippen LogP contribution in [0.25, 0.3) is 0 Å². The topological polar surface area (TPSA) is 80.2 Å². The molecule has 2 aromatic carbocycles. The van der Waals surface area contributed by atoms with Gasteiger partial charge in [0.1, 0.15) is 17.4 Å². The second kappa shape index (κ2) is 10.6. The fourth-order valence-corrected chi connectivity index (χ4v) is 3.79. The van der Waals surface area contributed by atoms with E-state index >= 15 is 0 Å². The van der Waals surface area contributed by atoms with Crippen LogP contribution >= 0.6 is 0 Å². The molecule has 2 aromatic rings. The Morgan fingerprint density at radius 2 is 1.97 bits per heavy atom. The predicted octanol–water partition coefficient (Wildman–Crippen LogP) is 3.25. The summed E-state index contributed by atoms with van der Waals surface area (Å²) in [5.74, 6) is -0.556. The summed E-state index contributed by atoms with van der Waals surface area (Å²) < 4.78 is 13.6. The minimum atomic E-state index is -0.556. The standard InChI is InChI=1S/C23H28FN5O/c1-2-19(29-13-10-17-6-3-4-7-18(17)16-29)15-28-23(30)27-12-11-26-22-9-5-8-21(24)20(22)14-25/h3-9,19,26H,2,10-13,15-16H2,1H3,(H2,27,28,30). The second-order valence-electron chi connectivity index (χ2n) is 7.39. The number of anilines is 1. The van der Waals surface area contributed by atoms with Crippen molar-refractivity contribution in [1.82, 2.24) is 15.5 Å². The van der Waals surface area contributed by atoms with Gasteiger partial charge in [0, 0.05) is 38.8 Å². The van der Waals surface area contributed by atoms with Gasteiger partial charge in [0.2, 0.25) is 0 Å². The first-order chi connectivity index (χ1) is 14.6. The quantitative estimate of drug-likeness (QED) is 0.585. The number of benzene rings is 2. The SMILES string of the molecule is CCC(CNC(=O)NCCNc1cccc(F)c1C#N)N1CCc2ccccc2C1. The third kappa shape index (κ3) is 5.49. The molecule has 1 atom stereocenters. The van der Waals surface area contributed by atoms with E-state index < -0.39 is 5.82 Å². The number of hydrogen-bond acceptors (Lipinski definition) is 4. The summed E-state index contributed by atoms with van der Waals surface area (Å²) in [4.78, 5) is 14.6. The Labute approximate surface area is 177 Å². The number of hydrogen-bond donors (Lipinski definition) is 3. The number of nitrogens with zero attached hydrogens (tertiary/aromatic N) is 2. The Balaban J connectivity index is 1.40. The third-order valence-electron chi connectivity index (χ3n) is 5.50. The van der Waals surface area contributed by atoms with Crippen LogP contribution in [0, 0.1) is 17.1 Å². The van der Waals surface area contributed by atoms with Crippen LogP contribution in [0.15, 0.2) is 42.5 Å². The number of halogens is 1. The molecular weight excluding hydrogens is 381 g/mol. The summed E-state index contributed by atoms with van der Waals surface area (Å²) in [6.07, 6.45) is 2.00. The zero-order valence-corrected chi connectivity index (χ0v) is 17.2. The van der Waals surface area contributed by atoms with Crippen molar-refractivity contribution in [2.24, 2.45) is 0 Å². The highest BCUT2D eigenvalue weighted by atomic mass is 19.1. The van der Waals surface area contributed by atoms with Crippen LogP contribution in [0.1, 0.15) is 30.0 Å². The lowest BCUT2D eigenvalue weighted by Crippen LogP contribution is -2.48. The molecule has 158 valence electrons. The van der Waals surface area contributed by atoms with E-state index in [1.54, 1.807) is 12.1 Å². The molecule has 0 aliphatic carbocycles. The molecule has 30 heavy (non-hydrogen) atoms. The number of carbonyl (C=O) groups is 1. The molecule has 0 saturated carbocycles. The maximum absolute atomic E-state index is 13.6. The van der Waals surface area contributed by atoms with Gasteiger partial charge in [-0.05, 0) is 36.1 Å². The molecule has 1 aliphatic heterocycles. The molecule has 3 N–H and O–H groups in total. The molecule has 7 heteroatoms. The van der Waals surface area contributed by atoms with Gasteiger partial charge in [-0.1, -0.05) is 37.3 Å². The van der Waals surface area contributed by atoms with Gasteiger partial charge in [-0.3, -0.25) is 4.90 Å². The van der Waals surface area contributed by atoms with E-state index in [1.807, 2.05) is 6.07 Å². The number of carbonyl (C=O) groups excluding carboxylic acids is 1. The fraction of sp³-hybridized carbons (Fsp3) is 0.391. The number of fused-ring (bicyclic) bond motifs is 1. The lowest BCUT2D eigenvalue weighted by molar-refractivity contribution is 0.169. The molecule has 0 fully saturated rings. The molecule has 1 heterocycles. The molecule has 0 spiro atoms. The van der Waals surface area contributed by atoms with E-state index in [0.29, 0.717) is 25.3 Å². The summed E-state index contributed by atoms with van der Waals surface area (Å²) in [7, 11) is 0. The first-order valence-electron chi connectivity index (χ1n) is 10.4. The van der Waals surface area contributed by atoms with E-state index in [2.05, 4.69) is 52.0 Å². The van der Waals surface area contributed by atoms with Crippen LogP contribution in [-0.2, 0) is 13.0 Å². The monoisotopic (exact) mass is 409 g/mol. The zero-order valence-electron chi connectivity index (χ0n) is 17.2. The van der Waals surface area contributed by atoms with Crippen molar-refractivity contribution < 1.29 is 9.18 Å². The Morgan fingerprint density at radius 1 is 1.17 bits per heavy atom. The molecule has 2 amide bonds. The Hall–Kier alpha value is -3.11. The molecule has 0 saturated heterocycles. The van der Waals surface area contributed by atoms with Crippen molar-refractivity contribution in [1.29, 1.82) is 5.26 Å². The summed E-state index contributed by atoms with van der Waals surface area (Å²) in [5.41, 5.74) is 3.19. The lowest BCUT2D eigenvalue weighted by Gasteiger charge is -2.35. The molecule has 0 bridgehead atoms. The van der Waals surface area contributed by atoms with Gasteiger partial charge in [0.15, 0.2) is 0 Å². The van der Waals surface area contributed by atoms with Gasteiger partial charge in [0.25, 0.3) is 0 Å². The zero-order chi connectivity index (χ0) is 21.3. The van der Waals surface area contributed by atoms with Crippen molar-refractivity contribution in [3.05, 3.63) is 65.0 Å². The molecule has 0 radical (unpaired) electrons. The summed E-state index contributed by atoms with van der Waals surface area (Å²) in [6, 6.07) is 14.9. The van der Waals surface area contributed by atoms with Crippen molar-refractivity contribution >= 4 is 11.7 Å². The highest BCUT2D eigenvalue weighted by Gasteiger charge is 2.22. The minimum Gasteiger partial charge on any atom is -0.382 e. The van der Waals surface area contributed by atoms with Gasteiger partial charge < -0.3 is 16.0 Å². The Bertz CT molecular complexity index is 911.